The van der Waals surface area contributed by atoms with Gasteiger partial charge in [-0.1, -0.05) is 0 Å². The molecule has 0 saturated carbocycles. The summed E-state index contributed by atoms with van der Waals surface area (Å²) in [5.74, 6) is -0.510. The molecule has 6 nitrogen and oxygen atoms in total. The zero-order valence-electron chi connectivity index (χ0n) is 9.10. The average Bonchev–Trinajstić information content (AvgIpc) is 2.17. The highest BCUT2D eigenvalue weighted by atomic mass is 16.6. The van der Waals surface area contributed by atoms with Crippen LogP contribution >= 0.6 is 0 Å². The number of carbonyl (C=O) groups excluding carboxylic acids is 1. The third-order valence-corrected chi connectivity index (χ3v) is 1.90. The van der Waals surface area contributed by atoms with Gasteiger partial charge in [0.15, 0.2) is 0 Å². The smallest absolute Gasteiger partial charge is 0.312 e. The Hall–Kier alpha value is -1.98. The number of hydrogen-bond donors (Lipinski definition) is 0. The van der Waals surface area contributed by atoms with Crippen molar-refractivity contribution in [1.29, 1.82) is 0 Å². The lowest BCUT2D eigenvalue weighted by Crippen LogP contribution is -2.11. The van der Waals surface area contributed by atoms with Crippen LogP contribution in [0.3, 0.4) is 0 Å². The van der Waals surface area contributed by atoms with E-state index in [4.69, 9.17) is 4.74 Å². The Bertz CT molecular complexity index is 417. The van der Waals surface area contributed by atoms with Gasteiger partial charge in [0.2, 0.25) is 0 Å². The molecular formula is C10H12N2O4. The second-order valence-corrected chi connectivity index (χ2v) is 3.16. The van der Waals surface area contributed by atoms with E-state index in [0.717, 1.165) is 0 Å². The van der Waals surface area contributed by atoms with E-state index in [2.05, 4.69) is 4.98 Å². The van der Waals surface area contributed by atoms with Gasteiger partial charge in [0.25, 0.3) is 5.69 Å². The van der Waals surface area contributed by atoms with Crippen LogP contribution in [0.1, 0.15) is 18.3 Å². The van der Waals surface area contributed by atoms with Crippen molar-refractivity contribution in [2.75, 3.05) is 6.61 Å². The Morgan fingerprint density at radius 3 is 2.81 bits per heavy atom. The van der Waals surface area contributed by atoms with Crippen LogP contribution < -0.4 is 0 Å². The monoisotopic (exact) mass is 224 g/mol. The van der Waals surface area contributed by atoms with E-state index in [9.17, 15) is 14.9 Å². The molecule has 0 aliphatic heterocycles. The minimum Gasteiger partial charge on any atom is -0.466 e. The van der Waals surface area contributed by atoms with Crippen LogP contribution in [0.25, 0.3) is 0 Å². The van der Waals surface area contributed by atoms with Gasteiger partial charge in [-0.25, -0.2) is 0 Å². The Kier molecular flexibility index (Phi) is 3.93. The highest BCUT2D eigenvalue weighted by Gasteiger charge is 2.18. The summed E-state index contributed by atoms with van der Waals surface area (Å²) < 4.78 is 4.72. The Labute approximate surface area is 92.4 Å². The molecule has 1 rings (SSSR count). The maximum Gasteiger partial charge on any atom is 0.312 e. The maximum atomic E-state index is 11.2. The maximum absolute atomic E-state index is 11.2. The van der Waals surface area contributed by atoms with Gasteiger partial charge in [-0.15, -0.1) is 0 Å². The van der Waals surface area contributed by atoms with Crippen LogP contribution in [0.4, 0.5) is 5.69 Å². The molecule has 16 heavy (non-hydrogen) atoms. The van der Waals surface area contributed by atoms with Crippen LogP contribution in [0, 0.1) is 17.0 Å². The lowest BCUT2D eigenvalue weighted by Gasteiger charge is -2.03. The number of aryl methyl sites for hydroxylation is 1. The quantitative estimate of drug-likeness (QED) is 0.438. The summed E-state index contributed by atoms with van der Waals surface area (Å²) in [6.07, 6.45) is -0.175. The van der Waals surface area contributed by atoms with E-state index in [0.29, 0.717) is 5.69 Å². The molecule has 0 aliphatic rings. The first kappa shape index (κ1) is 12.1. The summed E-state index contributed by atoms with van der Waals surface area (Å²) in [7, 11) is 0. The third-order valence-electron chi connectivity index (χ3n) is 1.90. The fraction of sp³-hybridized carbons (Fsp3) is 0.400. The first-order valence-electron chi connectivity index (χ1n) is 4.81. The predicted octanol–water partition coefficient (Wildman–Crippen LogP) is 1.40. The summed E-state index contributed by atoms with van der Waals surface area (Å²) in [4.78, 5) is 25.3. The highest BCUT2D eigenvalue weighted by Crippen LogP contribution is 2.17. The van der Waals surface area contributed by atoms with Gasteiger partial charge in [-0.05, 0) is 19.9 Å². The molecule has 0 aliphatic carbocycles. The fourth-order valence-electron chi connectivity index (χ4n) is 1.25. The summed E-state index contributed by atoms with van der Waals surface area (Å²) in [6.45, 7) is 3.63. The summed E-state index contributed by atoms with van der Waals surface area (Å²) in [6, 6.07) is 2.88. The standard InChI is InChI=1S/C10H12N2O4/c1-3-16-10(13)6-8-9(12(14)15)5-4-7(2)11-8/h4-5H,3,6H2,1-2H3. The Morgan fingerprint density at radius 1 is 1.56 bits per heavy atom. The molecule has 0 N–H and O–H groups in total. The molecule has 1 aromatic heterocycles. The van der Waals surface area contributed by atoms with Gasteiger partial charge in [-0.3, -0.25) is 19.9 Å². The number of nitro groups is 1. The SMILES string of the molecule is CCOC(=O)Cc1nc(C)ccc1[N+](=O)[O-]. The summed E-state index contributed by atoms with van der Waals surface area (Å²) >= 11 is 0. The van der Waals surface area contributed by atoms with Crippen molar-refractivity contribution in [2.24, 2.45) is 0 Å². The van der Waals surface area contributed by atoms with Gasteiger partial charge in [0, 0.05) is 11.8 Å². The van der Waals surface area contributed by atoms with Crippen molar-refractivity contribution < 1.29 is 14.5 Å². The number of nitrogens with zero attached hydrogens (tertiary/aromatic N) is 2. The van der Waals surface area contributed by atoms with Gasteiger partial charge in [0.1, 0.15) is 5.69 Å². The van der Waals surface area contributed by atoms with Gasteiger partial charge in [0.05, 0.1) is 18.0 Å². The van der Waals surface area contributed by atoms with E-state index in [1.807, 2.05) is 0 Å². The second-order valence-electron chi connectivity index (χ2n) is 3.16. The predicted molar refractivity (Wildman–Crippen MR) is 56.0 cm³/mol. The highest BCUT2D eigenvalue weighted by molar-refractivity contribution is 5.73. The number of ether oxygens (including phenoxy) is 1. The topological polar surface area (TPSA) is 82.3 Å². The largest absolute Gasteiger partial charge is 0.466 e. The average molecular weight is 224 g/mol. The lowest BCUT2D eigenvalue weighted by molar-refractivity contribution is -0.385. The van der Waals surface area contributed by atoms with E-state index in [1.54, 1.807) is 13.8 Å². The molecule has 0 fully saturated rings. The first-order chi connectivity index (χ1) is 7.54. The second kappa shape index (κ2) is 5.20. The molecule has 1 aromatic rings. The number of esters is 1. The van der Waals surface area contributed by atoms with Gasteiger partial charge in [-0.2, -0.15) is 0 Å². The van der Waals surface area contributed by atoms with Crippen LogP contribution in [-0.4, -0.2) is 22.5 Å². The van der Waals surface area contributed by atoms with Gasteiger partial charge >= 0.3 is 5.97 Å². The Balaban J connectivity index is 2.96. The molecule has 0 aromatic carbocycles. The Morgan fingerprint density at radius 2 is 2.25 bits per heavy atom. The van der Waals surface area contributed by atoms with E-state index >= 15 is 0 Å². The van der Waals surface area contributed by atoms with Crippen LogP contribution in [0.2, 0.25) is 0 Å². The van der Waals surface area contributed by atoms with Crippen LogP contribution in [-0.2, 0) is 16.0 Å². The van der Waals surface area contributed by atoms with Crippen LogP contribution in [0.15, 0.2) is 12.1 Å². The molecule has 0 bridgehead atoms. The number of aromatic nitrogens is 1. The van der Waals surface area contributed by atoms with E-state index < -0.39 is 10.9 Å². The normalized spacial score (nSPS) is 9.88. The molecule has 0 unspecified atom stereocenters. The molecule has 86 valence electrons. The molecule has 0 saturated heterocycles. The molecule has 0 radical (unpaired) electrons. The third kappa shape index (κ3) is 3.01. The minimum atomic E-state index is -0.555. The van der Waals surface area contributed by atoms with Crippen molar-refractivity contribution in [2.45, 2.75) is 20.3 Å². The number of pyridine rings is 1. The lowest BCUT2D eigenvalue weighted by atomic mass is 10.2. The molecule has 0 atom stereocenters. The van der Waals surface area contributed by atoms with Crippen molar-refractivity contribution in [3.8, 4) is 0 Å². The molecular weight excluding hydrogens is 212 g/mol. The van der Waals surface area contributed by atoms with Crippen molar-refractivity contribution in [3.63, 3.8) is 0 Å². The number of hydrogen-bond acceptors (Lipinski definition) is 5. The minimum absolute atomic E-state index is 0.142. The van der Waals surface area contributed by atoms with E-state index in [-0.39, 0.29) is 24.4 Å². The van der Waals surface area contributed by atoms with E-state index in [1.165, 1.54) is 12.1 Å². The molecule has 0 amide bonds. The zero-order chi connectivity index (χ0) is 12.1. The van der Waals surface area contributed by atoms with Crippen molar-refractivity contribution >= 4 is 11.7 Å². The van der Waals surface area contributed by atoms with Crippen molar-refractivity contribution in [1.82, 2.24) is 4.98 Å². The van der Waals surface area contributed by atoms with Gasteiger partial charge < -0.3 is 4.74 Å². The van der Waals surface area contributed by atoms with Crippen LogP contribution in [0.5, 0.6) is 0 Å². The molecule has 0 spiro atoms. The molecule has 6 heteroatoms. The summed E-state index contributed by atoms with van der Waals surface area (Å²) in [5.41, 5.74) is 0.618. The zero-order valence-corrected chi connectivity index (χ0v) is 9.10. The number of rotatable bonds is 4. The summed E-state index contributed by atoms with van der Waals surface area (Å²) in [5, 5.41) is 10.7. The first-order valence-corrected chi connectivity index (χ1v) is 4.81. The number of carbonyl (C=O) groups is 1. The fourth-order valence-corrected chi connectivity index (χ4v) is 1.25. The molecule has 1 heterocycles. The van der Waals surface area contributed by atoms with Crippen molar-refractivity contribution in [3.05, 3.63) is 33.6 Å².